The van der Waals surface area contributed by atoms with Crippen LogP contribution in [0.3, 0.4) is 0 Å². The molecule has 0 aromatic heterocycles. The van der Waals surface area contributed by atoms with E-state index in [0.717, 1.165) is 30.7 Å². The van der Waals surface area contributed by atoms with E-state index in [1.54, 1.807) is 7.05 Å². The summed E-state index contributed by atoms with van der Waals surface area (Å²) in [4.78, 5) is 4.07. The smallest absolute Gasteiger partial charge is 0.191 e. The Morgan fingerprint density at radius 1 is 1.04 bits per heavy atom. The maximum Gasteiger partial charge on any atom is 0.191 e. The van der Waals surface area contributed by atoms with Crippen molar-refractivity contribution in [1.29, 1.82) is 0 Å². The number of nitrogens with one attached hydrogen (secondary N) is 2. The van der Waals surface area contributed by atoms with Gasteiger partial charge < -0.3 is 15.4 Å². The Bertz CT molecular complexity index is 678. The molecule has 2 N–H and O–H groups in total. The molecular formula is C19H23F2N3O. The van der Waals surface area contributed by atoms with Crippen LogP contribution < -0.4 is 15.4 Å². The number of para-hydroxylation sites is 1. The zero-order valence-electron chi connectivity index (χ0n) is 14.3. The summed E-state index contributed by atoms with van der Waals surface area (Å²) in [7, 11) is 1.63. The van der Waals surface area contributed by atoms with E-state index in [-0.39, 0.29) is 12.1 Å². The Morgan fingerprint density at radius 2 is 1.84 bits per heavy atom. The molecule has 0 aliphatic rings. The first-order valence-electron chi connectivity index (χ1n) is 8.25. The van der Waals surface area contributed by atoms with Gasteiger partial charge in [0.1, 0.15) is 17.4 Å². The fraction of sp³-hybridized carbons (Fsp3) is 0.316. The molecule has 2 rings (SSSR count). The predicted molar refractivity (Wildman–Crippen MR) is 95.7 cm³/mol. The number of guanidine groups is 1. The molecule has 0 fully saturated rings. The van der Waals surface area contributed by atoms with Crippen LogP contribution >= 0.6 is 0 Å². The maximum absolute atomic E-state index is 13.6. The van der Waals surface area contributed by atoms with E-state index in [9.17, 15) is 8.78 Å². The Balaban J connectivity index is 1.62. The van der Waals surface area contributed by atoms with E-state index in [0.29, 0.717) is 19.1 Å². The summed E-state index contributed by atoms with van der Waals surface area (Å²) < 4.78 is 32.3. The minimum absolute atomic E-state index is 0.167. The van der Waals surface area contributed by atoms with Crippen molar-refractivity contribution in [3.63, 3.8) is 0 Å². The topological polar surface area (TPSA) is 45.7 Å². The molecule has 0 saturated carbocycles. The molecule has 0 radical (unpaired) electrons. The molecule has 4 nitrogen and oxygen atoms in total. The van der Waals surface area contributed by atoms with Crippen molar-refractivity contribution < 1.29 is 13.5 Å². The van der Waals surface area contributed by atoms with Crippen LogP contribution in [-0.2, 0) is 6.54 Å². The number of benzene rings is 2. The lowest BCUT2D eigenvalue weighted by molar-refractivity contribution is 0.307. The molecule has 2 aromatic carbocycles. The van der Waals surface area contributed by atoms with Gasteiger partial charge in [-0.05, 0) is 43.2 Å². The SMILES string of the molecule is CN=C(NCCCCOc1ccccc1)NCc1cc(F)ccc1F. The van der Waals surface area contributed by atoms with Gasteiger partial charge in [0.2, 0.25) is 0 Å². The van der Waals surface area contributed by atoms with Gasteiger partial charge in [-0.2, -0.15) is 0 Å². The van der Waals surface area contributed by atoms with Crippen molar-refractivity contribution in [3.8, 4) is 5.75 Å². The van der Waals surface area contributed by atoms with E-state index >= 15 is 0 Å². The van der Waals surface area contributed by atoms with Gasteiger partial charge in [-0.25, -0.2) is 8.78 Å². The zero-order chi connectivity index (χ0) is 17.9. The average Bonchev–Trinajstić information content (AvgIpc) is 2.64. The van der Waals surface area contributed by atoms with Gasteiger partial charge in [-0.1, -0.05) is 18.2 Å². The third-order valence-corrected chi connectivity index (χ3v) is 3.55. The van der Waals surface area contributed by atoms with Crippen LogP contribution in [0.4, 0.5) is 8.78 Å². The lowest BCUT2D eigenvalue weighted by Crippen LogP contribution is -2.37. The van der Waals surface area contributed by atoms with Gasteiger partial charge in [0.15, 0.2) is 5.96 Å². The standard InChI is InChI=1S/C19H23F2N3O/c1-22-19(24-14-15-13-16(20)9-10-18(15)21)23-11-5-6-12-25-17-7-3-2-4-8-17/h2-4,7-10,13H,5-6,11-12,14H2,1H3,(H2,22,23,24). The normalized spacial score (nSPS) is 11.2. The minimum atomic E-state index is -0.459. The molecule has 0 spiro atoms. The quantitative estimate of drug-likeness (QED) is 0.436. The third kappa shape index (κ3) is 6.79. The summed E-state index contributed by atoms with van der Waals surface area (Å²) in [5, 5.41) is 6.11. The summed E-state index contributed by atoms with van der Waals surface area (Å²) in [6.07, 6.45) is 1.80. The minimum Gasteiger partial charge on any atom is -0.494 e. The van der Waals surface area contributed by atoms with Gasteiger partial charge in [-0.15, -0.1) is 0 Å². The average molecular weight is 347 g/mol. The fourth-order valence-corrected chi connectivity index (χ4v) is 2.22. The Morgan fingerprint density at radius 3 is 2.60 bits per heavy atom. The van der Waals surface area contributed by atoms with Crippen molar-refractivity contribution in [2.24, 2.45) is 4.99 Å². The van der Waals surface area contributed by atoms with Crippen molar-refractivity contribution in [1.82, 2.24) is 10.6 Å². The van der Waals surface area contributed by atoms with Crippen molar-refractivity contribution in [3.05, 3.63) is 65.7 Å². The molecule has 6 heteroatoms. The molecular weight excluding hydrogens is 324 g/mol. The first-order valence-corrected chi connectivity index (χ1v) is 8.25. The van der Waals surface area contributed by atoms with E-state index in [2.05, 4.69) is 15.6 Å². The fourth-order valence-electron chi connectivity index (χ4n) is 2.22. The van der Waals surface area contributed by atoms with Crippen LogP contribution in [0.5, 0.6) is 5.75 Å². The molecule has 134 valence electrons. The lowest BCUT2D eigenvalue weighted by atomic mass is 10.2. The van der Waals surface area contributed by atoms with Crippen LogP contribution in [-0.4, -0.2) is 26.2 Å². The van der Waals surface area contributed by atoms with Gasteiger partial charge in [0.05, 0.1) is 6.61 Å². The summed E-state index contributed by atoms with van der Waals surface area (Å²) in [5.41, 5.74) is 0.263. The van der Waals surface area contributed by atoms with Gasteiger partial charge in [-0.3, -0.25) is 4.99 Å². The summed E-state index contributed by atoms with van der Waals surface area (Å²) in [6.45, 7) is 1.52. The molecule has 0 unspecified atom stereocenters. The Hall–Kier alpha value is -2.63. The number of hydrogen-bond donors (Lipinski definition) is 2. The van der Waals surface area contributed by atoms with Gasteiger partial charge in [0, 0.05) is 25.7 Å². The van der Waals surface area contributed by atoms with Gasteiger partial charge in [0.25, 0.3) is 0 Å². The van der Waals surface area contributed by atoms with E-state index < -0.39 is 11.6 Å². The number of nitrogens with zero attached hydrogens (tertiary/aromatic N) is 1. The second-order valence-electron chi connectivity index (χ2n) is 5.46. The highest BCUT2D eigenvalue weighted by Gasteiger charge is 2.05. The third-order valence-electron chi connectivity index (χ3n) is 3.55. The first kappa shape index (κ1) is 18.7. The highest BCUT2D eigenvalue weighted by Crippen LogP contribution is 2.09. The van der Waals surface area contributed by atoms with E-state index in [1.165, 1.54) is 6.07 Å². The molecule has 0 aliphatic heterocycles. The van der Waals surface area contributed by atoms with Crippen LogP contribution in [0.1, 0.15) is 18.4 Å². The summed E-state index contributed by atoms with van der Waals surface area (Å²) in [6, 6.07) is 13.1. The summed E-state index contributed by atoms with van der Waals surface area (Å²) in [5.74, 6) is 0.514. The van der Waals surface area contributed by atoms with Crippen LogP contribution in [0.2, 0.25) is 0 Å². The first-order chi connectivity index (χ1) is 12.2. The number of aliphatic imine (C=N–C) groups is 1. The van der Waals surface area contributed by atoms with E-state index in [4.69, 9.17) is 4.74 Å². The highest BCUT2D eigenvalue weighted by molar-refractivity contribution is 5.79. The molecule has 0 heterocycles. The summed E-state index contributed by atoms with van der Waals surface area (Å²) >= 11 is 0. The molecule has 25 heavy (non-hydrogen) atoms. The lowest BCUT2D eigenvalue weighted by Gasteiger charge is -2.12. The highest BCUT2D eigenvalue weighted by atomic mass is 19.1. The number of halogens is 2. The number of unbranched alkanes of at least 4 members (excludes halogenated alkanes) is 1. The molecule has 0 atom stereocenters. The molecule has 0 saturated heterocycles. The second kappa shape index (κ2) is 10.3. The van der Waals surface area contributed by atoms with E-state index in [1.807, 2.05) is 30.3 Å². The predicted octanol–water partition coefficient (Wildman–Crippen LogP) is 3.49. The molecule has 0 amide bonds. The monoisotopic (exact) mass is 347 g/mol. The van der Waals surface area contributed by atoms with Crippen LogP contribution in [0, 0.1) is 11.6 Å². The number of hydrogen-bond acceptors (Lipinski definition) is 2. The van der Waals surface area contributed by atoms with Crippen molar-refractivity contribution in [2.45, 2.75) is 19.4 Å². The molecule has 2 aromatic rings. The number of rotatable bonds is 8. The maximum atomic E-state index is 13.6. The van der Waals surface area contributed by atoms with Crippen LogP contribution in [0.15, 0.2) is 53.5 Å². The van der Waals surface area contributed by atoms with Gasteiger partial charge >= 0.3 is 0 Å². The Kier molecular flexibility index (Phi) is 7.69. The Labute approximate surface area is 146 Å². The second-order valence-corrected chi connectivity index (χ2v) is 5.46. The molecule has 0 aliphatic carbocycles. The largest absolute Gasteiger partial charge is 0.494 e. The zero-order valence-corrected chi connectivity index (χ0v) is 14.3. The number of ether oxygens (including phenoxy) is 1. The van der Waals surface area contributed by atoms with Crippen LogP contribution in [0.25, 0.3) is 0 Å². The molecule has 0 bridgehead atoms. The van der Waals surface area contributed by atoms with Crippen molar-refractivity contribution in [2.75, 3.05) is 20.2 Å². The van der Waals surface area contributed by atoms with Crippen molar-refractivity contribution >= 4 is 5.96 Å².